The summed E-state index contributed by atoms with van der Waals surface area (Å²) < 4.78 is 6.70. The van der Waals surface area contributed by atoms with Gasteiger partial charge in [-0.15, -0.1) is 0 Å². The lowest BCUT2D eigenvalue weighted by atomic mass is 10.2. The molecule has 0 unspecified atom stereocenters. The molecular weight excluding hydrogens is 348 g/mol. The minimum Gasteiger partial charge on any atom is -0.506 e. The van der Waals surface area contributed by atoms with Crippen LogP contribution in [0.3, 0.4) is 0 Å². The molecule has 0 radical (unpaired) electrons. The van der Waals surface area contributed by atoms with Crippen molar-refractivity contribution in [3.05, 3.63) is 82.2 Å². The molecule has 0 aliphatic carbocycles. The maximum atomic E-state index is 12.4. The maximum absolute atomic E-state index is 12.4. The van der Waals surface area contributed by atoms with Crippen LogP contribution in [-0.2, 0) is 13.1 Å². The fraction of sp³-hybridized carbons (Fsp3) is 0.105. The Morgan fingerprint density at radius 3 is 2.78 bits per heavy atom. The van der Waals surface area contributed by atoms with Crippen LogP contribution >= 0.6 is 0 Å². The molecule has 0 aliphatic heterocycles. The molecule has 4 rings (SSSR count). The molecule has 8 heteroatoms. The van der Waals surface area contributed by atoms with Gasteiger partial charge < -0.3 is 19.8 Å². The molecule has 4 aromatic rings. The van der Waals surface area contributed by atoms with Crippen molar-refractivity contribution in [3.63, 3.8) is 0 Å². The van der Waals surface area contributed by atoms with Gasteiger partial charge in [-0.3, -0.25) is 9.59 Å². The molecular formula is C19H16N4O4. The Labute approximate surface area is 153 Å². The molecule has 0 saturated heterocycles. The van der Waals surface area contributed by atoms with Crippen molar-refractivity contribution in [3.8, 4) is 5.75 Å². The van der Waals surface area contributed by atoms with Crippen LogP contribution in [0.25, 0.3) is 11.0 Å². The van der Waals surface area contributed by atoms with E-state index in [0.29, 0.717) is 23.3 Å². The maximum Gasteiger partial charge on any atom is 0.266 e. The molecule has 8 nitrogen and oxygen atoms in total. The number of hydrogen-bond donors (Lipinski definition) is 3. The van der Waals surface area contributed by atoms with E-state index in [1.807, 2.05) is 30.3 Å². The highest BCUT2D eigenvalue weighted by Crippen LogP contribution is 2.25. The summed E-state index contributed by atoms with van der Waals surface area (Å²) >= 11 is 0. The van der Waals surface area contributed by atoms with E-state index in [9.17, 15) is 14.7 Å². The summed E-state index contributed by atoms with van der Waals surface area (Å²) in [5, 5.41) is 17.6. The fourth-order valence-electron chi connectivity index (χ4n) is 2.86. The second-order valence-electron chi connectivity index (χ2n) is 5.99. The third kappa shape index (κ3) is 3.20. The molecule has 1 amide bonds. The van der Waals surface area contributed by atoms with Crippen molar-refractivity contribution in [2.75, 3.05) is 0 Å². The standard InChI is InChI=1S/C19H16N4O4/c24-16-14-10-21-23(11-12-5-2-1-3-6-12)17(14)22-19(26)15(16)18(25)20-9-13-7-4-8-27-13/h1-8,10H,9,11H2,(H,20,25)(H2,22,24,26). The first kappa shape index (κ1) is 16.6. The van der Waals surface area contributed by atoms with Gasteiger partial charge in [-0.25, -0.2) is 4.68 Å². The van der Waals surface area contributed by atoms with Gasteiger partial charge in [0.25, 0.3) is 11.5 Å². The summed E-state index contributed by atoms with van der Waals surface area (Å²) in [4.78, 5) is 27.4. The summed E-state index contributed by atoms with van der Waals surface area (Å²) in [6, 6.07) is 13.0. The second kappa shape index (κ2) is 6.83. The fourth-order valence-corrected chi connectivity index (χ4v) is 2.86. The molecule has 0 spiro atoms. The number of hydrogen-bond acceptors (Lipinski definition) is 5. The molecule has 27 heavy (non-hydrogen) atoms. The van der Waals surface area contributed by atoms with Crippen LogP contribution in [0.4, 0.5) is 0 Å². The quantitative estimate of drug-likeness (QED) is 0.501. The molecule has 136 valence electrons. The number of carbonyl (C=O) groups excluding carboxylic acids is 1. The average Bonchev–Trinajstić information content (AvgIpc) is 3.31. The van der Waals surface area contributed by atoms with Gasteiger partial charge in [-0.1, -0.05) is 30.3 Å². The number of H-pyrrole nitrogens is 1. The minimum absolute atomic E-state index is 0.107. The third-order valence-corrected chi connectivity index (χ3v) is 4.20. The molecule has 0 bridgehead atoms. The Hall–Kier alpha value is -3.81. The molecule has 0 fully saturated rings. The van der Waals surface area contributed by atoms with Gasteiger partial charge in [0.1, 0.15) is 22.7 Å². The van der Waals surface area contributed by atoms with E-state index in [1.54, 1.807) is 16.8 Å². The number of carbonyl (C=O) groups is 1. The van der Waals surface area contributed by atoms with Crippen LogP contribution < -0.4 is 10.9 Å². The van der Waals surface area contributed by atoms with E-state index >= 15 is 0 Å². The van der Waals surface area contributed by atoms with Crippen LogP contribution in [0, 0.1) is 0 Å². The van der Waals surface area contributed by atoms with Crippen LogP contribution in [0.15, 0.2) is 64.1 Å². The number of aromatic nitrogens is 3. The Morgan fingerprint density at radius 1 is 1.22 bits per heavy atom. The van der Waals surface area contributed by atoms with Gasteiger partial charge in [0, 0.05) is 0 Å². The van der Waals surface area contributed by atoms with Crippen molar-refractivity contribution in [1.29, 1.82) is 0 Å². The number of fused-ring (bicyclic) bond motifs is 1. The number of nitrogens with one attached hydrogen (secondary N) is 2. The van der Waals surface area contributed by atoms with E-state index in [4.69, 9.17) is 4.42 Å². The molecule has 3 aromatic heterocycles. The first-order chi connectivity index (χ1) is 13.1. The molecule has 0 aliphatic rings. The zero-order chi connectivity index (χ0) is 18.8. The Morgan fingerprint density at radius 2 is 2.04 bits per heavy atom. The zero-order valence-electron chi connectivity index (χ0n) is 14.2. The molecule has 0 saturated carbocycles. The van der Waals surface area contributed by atoms with Crippen molar-refractivity contribution in [2.45, 2.75) is 13.1 Å². The number of amides is 1. The van der Waals surface area contributed by atoms with Crippen molar-refractivity contribution in [2.24, 2.45) is 0 Å². The van der Waals surface area contributed by atoms with Gasteiger partial charge >= 0.3 is 0 Å². The number of aromatic amines is 1. The third-order valence-electron chi connectivity index (χ3n) is 4.20. The number of furan rings is 1. The smallest absolute Gasteiger partial charge is 0.266 e. The van der Waals surface area contributed by atoms with Gasteiger partial charge in [0.2, 0.25) is 0 Å². The van der Waals surface area contributed by atoms with Crippen molar-refractivity contribution >= 4 is 16.9 Å². The van der Waals surface area contributed by atoms with Gasteiger partial charge in [0.05, 0.1) is 30.9 Å². The Kier molecular flexibility index (Phi) is 4.21. The van der Waals surface area contributed by atoms with E-state index in [1.165, 1.54) is 12.5 Å². The summed E-state index contributed by atoms with van der Waals surface area (Å²) in [5.74, 6) is -0.552. The predicted molar refractivity (Wildman–Crippen MR) is 97.4 cm³/mol. The van der Waals surface area contributed by atoms with Crippen molar-refractivity contribution in [1.82, 2.24) is 20.1 Å². The lowest BCUT2D eigenvalue weighted by molar-refractivity contribution is 0.0944. The van der Waals surface area contributed by atoms with Crippen molar-refractivity contribution < 1.29 is 14.3 Å². The largest absolute Gasteiger partial charge is 0.506 e. The SMILES string of the molecule is O=C(NCc1ccco1)c1c(O)c2cnn(Cc3ccccc3)c2[nH]c1=O. The lowest BCUT2D eigenvalue weighted by Gasteiger charge is -2.07. The van der Waals surface area contributed by atoms with Crippen LogP contribution in [0.1, 0.15) is 21.7 Å². The van der Waals surface area contributed by atoms with E-state index in [2.05, 4.69) is 15.4 Å². The number of pyridine rings is 1. The van der Waals surface area contributed by atoms with E-state index < -0.39 is 17.2 Å². The highest BCUT2D eigenvalue weighted by atomic mass is 16.3. The van der Waals surface area contributed by atoms with Gasteiger partial charge in [-0.05, 0) is 17.7 Å². The summed E-state index contributed by atoms with van der Waals surface area (Å²) in [6.07, 6.45) is 2.91. The normalized spacial score (nSPS) is 11.0. The molecule has 3 N–H and O–H groups in total. The Balaban J connectivity index is 1.65. The second-order valence-corrected chi connectivity index (χ2v) is 5.99. The molecule has 1 aromatic carbocycles. The number of nitrogens with zero attached hydrogens (tertiary/aromatic N) is 2. The van der Waals surface area contributed by atoms with Gasteiger partial charge in [-0.2, -0.15) is 5.10 Å². The lowest BCUT2D eigenvalue weighted by Crippen LogP contribution is -2.29. The van der Waals surface area contributed by atoms with Crippen LogP contribution in [0.2, 0.25) is 0 Å². The first-order valence-corrected chi connectivity index (χ1v) is 8.29. The molecule has 0 atom stereocenters. The summed E-state index contributed by atoms with van der Waals surface area (Å²) in [5.41, 5.74) is 0.298. The van der Waals surface area contributed by atoms with Crippen LogP contribution in [0.5, 0.6) is 5.75 Å². The van der Waals surface area contributed by atoms with Gasteiger partial charge in [0.15, 0.2) is 0 Å². The summed E-state index contributed by atoms with van der Waals surface area (Å²) in [7, 11) is 0. The predicted octanol–water partition coefficient (Wildman–Crippen LogP) is 2.00. The summed E-state index contributed by atoms with van der Waals surface area (Å²) in [6.45, 7) is 0.528. The van der Waals surface area contributed by atoms with Crippen LogP contribution in [-0.4, -0.2) is 25.8 Å². The number of rotatable bonds is 5. The zero-order valence-corrected chi connectivity index (χ0v) is 14.2. The Bertz CT molecular complexity index is 1140. The highest BCUT2D eigenvalue weighted by Gasteiger charge is 2.21. The monoisotopic (exact) mass is 364 g/mol. The number of aromatic hydroxyl groups is 1. The van der Waals surface area contributed by atoms with E-state index in [-0.39, 0.29) is 12.1 Å². The highest BCUT2D eigenvalue weighted by molar-refractivity contribution is 6.01. The number of benzene rings is 1. The van der Waals surface area contributed by atoms with E-state index in [0.717, 1.165) is 5.56 Å². The molecule has 3 heterocycles. The topological polar surface area (TPSA) is 113 Å². The average molecular weight is 364 g/mol. The first-order valence-electron chi connectivity index (χ1n) is 8.29. The minimum atomic E-state index is -0.692.